The molecule has 2 N–H and O–H groups in total. The first kappa shape index (κ1) is 18.3. The highest BCUT2D eigenvalue weighted by molar-refractivity contribution is 5.86. The molecule has 1 aliphatic rings. The Balaban J connectivity index is 1.89. The number of benzene rings is 1. The number of aryl methyl sites for hydroxylation is 1. The SMILES string of the molecule is COc1cc(CCNC(=O)[C@@]2(O)CCCN(C(C)=O)C2)ccc1C. The number of nitrogens with zero attached hydrogens (tertiary/aromatic N) is 1. The van der Waals surface area contributed by atoms with E-state index in [2.05, 4.69) is 5.32 Å². The lowest BCUT2D eigenvalue weighted by atomic mass is 9.91. The Morgan fingerprint density at radius 2 is 2.17 bits per heavy atom. The van der Waals surface area contributed by atoms with E-state index in [1.54, 1.807) is 7.11 Å². The number of carbonyl (C=O) groups excluding carboxylic acids is 2. The molecule has 1 fully saturated rings. The fourth-order valence-corrected chi connectivity index (χ4v) is 3.00. The average Bonchev–Trinajstić information content (AvgIpc) is 2.56. The van der Waals surface area contributed by atoms with Crippen LogP contribution in [0.3, 0.4) is 0 Å². The second-order valence-corrected chi connectivity index (χ2v) is 6.39. The molecule has 1 aromatic rings. The van der Waals surface area contributed by atoms with E-state index in [0.717, 1.165) is 16.9 Å². The molecule has 132 valence electrons. The summed E-state index contributed by atoms with van der Waals surface area (Å²) in [5.41, 5.74) is 0.624. The van der Waals surface area contributed by atoms with Gasteiger partial charge in [0.1, 0.15) is 5.75 Å². The molecule has 1 heterocycles. The summed E-state index contributed by atoms with van der Waals surface area (Å²) in [6, 6.07) is 5.93. The van der Waals surface area contributed by atoms with E-state index in [9.17, 15) is 14.7 Å². The number of nitrogens with one attached hydrogen (secondary N) is 1. The van der Waals surface area contributed by atoms with Crippen molar-refractivity contribution in [1.82, 2.24) is 10.2 Å². The summed E-state index contributed by atoms with van der Waals surface area (Å²) in [6.45, 7) is 4.51. The van der Waals surface area contributed by atoms with Crippen molar-refractivity contribution in [3.63, 3.8) is 0 Å². The monoisotopic (exact) mass is 334 g/mol. The number of carbonyl (C=O) groups is 2. The molecular formula is C18H26N2O4. The van der Waals surface area contributed by atoms with Crippen molar-refractivity contribution < 1.29 is 19.4 Å². The highest BCUT2D eigenvalue weighted by Gasteiger charge is 2.40. The van der Waals surface area contributed by atoms with Crippen molar-refractivity contribution in [2.75, 3.05) is 26.7 Å². The predicted molar refractivity (Wildman–Crippen MR) is 90.9 cm³/mol. The van der Waals surface area contributed by atoms with Crippen LogP contribution in [0.15, 0.2) is 18.2 Å². The van der Waals surface area contributed by atoms with Gasteiger partial charge in [-0.05, 0) is 43.4 Å². The van der Waals surface area contributed by atoms with Gasteiger partial charge in [-0.1, -0.05) is 12.1 Å². The minimum atomic E-state index is -1.49. The molecule has 24 heavy (non-hydrogen) atoms. The van der Waals surface area contributed by atoms with Crippen molar-refractivity contribution >= 4 is 11.8 Å². The van der Waals surface area contributed by atoms with Gasteiger partial charge in [-0.25, -0.2) is 0 Å². The summed E-state index contributed by atoms with van der Waals surface area (Å²) >= 11 is 0. The third-order valence-electron chi connectivity index (χ3n) is 4.51. The number of ether oxygens (including phenoxy) is 1. The number of piperidine rings is 1. The van der Waals surface area contributed by atoms with Gasteiger partial charge in [-0.15, -0.1) is 0 Å². The van der Waals surface area contributed by atoms with Crippen LogP contribution >= 0.6 is 0 Å². The minimum absolute atomic E-state index is 0.0620. The molecule has 6 heteroatoms. The molecule has 0 bridgehead atoms. The molecular weight excluding hydrogens is 308 g/mol. The summed E-state index contributed by atoms with van der Waals surface area (Å²) in [5.74, 6) is 0.294. The third kappa shape index (κ3) is 4.26. The van der Waals surface area contributed by atoms with E-state index in [0.29, 0.717) is 32.4 Å². The molecule has 1 aromatic carbocycles. The third-order valence-corrected chi connectivity index (χ3v) is 4.51. The van der Waals surface area contributed by atoms with Crippen LogP contribution in [0.4, 0.5) is 0 Å². The first-order valence-electron chi connectivity index (χ1n) is 8.25. The molecule has 1 aliphatic heterocycles. The van der Waals surface area contributed by atoms with Gasteiger partial charge >= 0.3 is 0 Å². The van der Waals surface area contributed by atoms with E-state index in [-0.39, 0.29) is 12.5 Å². The Kier molecular flexibility index (Phi) is 5.83. The standard InChI is InChI=1S/C18H26N2O4/c1-13-5-6-15(11-16(13)24-3)7-9-19-17(22)18(23)8-4-10-20(12-18)14(2)21/h5-6,11,23H,4,7-10,12H2,1-3H3,(H,19,22)/t18-/m1/s1. The van der Waals surface area contributed by atoms with Gasteiger partial charge in [-0.2, -0.15) is 0 Å². The molecule has 0 aromatic heterocycles. The molecule has 1 saturated heterocycles. The van der Waals surface area contributed by atoms with Gasteiger partial charge < -0.3 is 20.1 Å². The van der Waals surface area contributed by atoms with Crippen molar-refractivity contribution in [3.05, 3.63) is 29.3 Å². The average molecular weight is 334 g/mol. The lowest BCUT2D eigenvalue weighted by Crippen LogP contribution is -2.58. The highest BCUT2D eigenvalue weighted by Crippen LogP contribution is 2.22. The molecule has 0 unspecified atom stereocenters. The van der Waals surface area contributed by atoms with Crippen LogP contribution < -0.4 is 10.1 Å². The largest absolute Gasteiger partial charge is 0.496 e. The lowest BCUT2D eigenvalue weighted by molar-refractivity contribution is -0.150. The molecule has 0 saturated carbocycles. The van der Waals surface area contributed by atoms with E-state index >= 15 is 0 Å². The molecule has 0 spiro atoms. The maximum Gasteiger partial charge on any atom is 0.253 e. The number of hydrogen-bond acceptors (Lipinski definition) is 4. The zero-order valence-corrected chi connectivity index (χ0v) is 14.6. The van der Waals surface area contributed by atoms with E-state index < -0.39 is 11.5 Å². The number of aliphatic hydroxyl groups is 1. The van der Waals surface area contributed by atoms with Crippen molar-refractivity contribution in [1.29, 1.82) is 0 Å². The topological polar surface area (TPSA) is 78.9 Å². The van der Waals surface area contributed by atoms with Crippen LogP contribution in [-0.2, 0) is 16.0 Å². The summed E-state index contributed by atoms with van der Waals surface area (Å²) in [6.07, 6.45) is 1.65. The van der Waals surface area contributed by atoms with E-state index in [1.807, 2.05) is 25.1 Å². The molecule has 0 aliphatic carbocycles. The Morgan fingerprint density at radius 1 is 1.42 bits per heavy atom. The van der Waals surface area contributed by atoms with Gasteiger partial charge in [0.05, 0.1) is 13.7 Å². The first-order chi connectivity index (χ1) is 11.4. The minimum Gasteiger partial charge on any atom is -0.496 e. The van der Waals surface area contributed by atoms with Crippen molar-refractivity contribution in [2.24, 2.45) is 0 Å². The predicted octanol–water partition coefficient (Wildman–Crippen LogP) is 1.04. The lowest BCUT2D eigenvalue weighted by Gasteiger charge is -2.37. The van der Waals surface area contributed by atoms with Crippen molar-refractivity contribution in [3.8, 4) is 5.75 Å². The van der Waals surface area contributed by atoms with Gasteiger partial charge in [0.2, 0.25) is 5.91 Å². The summed E-state index contributed by atoms with van der Waals surface area (Å²) in [4.78, 5) is 25.3. The second-order valence-electron chi connectivity index (χ2n) is 6.39. The number of rotatable bonds is 5. The molecule has 2 rings (SSSR count). The molecule has 6 nitrogen and oxygen atoms in total. The summed E-state index contributed by atoms with van der Waals surface area (Å²) in [7, 11) is 1.63. The Labute approximate surface area is 142 Å². The van der Waals surface area contributed by atoms with Gasteiger partial charge in [0.15, 0.2) is 5.60 Å². The number of hydrogen-bond donors (Lipinski definition) is 2. The van der Waals surface area contributed by atoms with Crippen molar-refractivity contribution in [2.45, 2.75) is 38.7 Å². The van der Waals surface area contributed by atoms with Crippen LogP contribution in [0.1, 0.15) is 30.9 Å². The Hall–Kier alpha value is -2.08. The van der Waals surface area contributed by atoms with Crippen LogP contribution in [-0.4, -0.2) is 54.2 Å². The first-order valence-corrected chi connectivity index (χ1v) is 8.25. The van der Waals surface area contributed by atoms with Crippen LogP contribution in [0, 0.1) is 6.92 Å². The van der Waals surface area contributed by atoms with Crippen LogP contribution in [0.25, 0.3) is 0 Å². The summed E-state index contributed by atoms with van der Waals surface area (Å²) in [5, 5.41) is 13.3. The Morgan fingerprint density at radius 3 is 2.83 bits per heavy atom. The molecule has 2 amide bonds. The quantitative estimate of drug-likeness (QED) is 0.843. The van der Waals surface area contributed by atoms with Gasteiger partial charge in [-0.3, -0.25) is 9.59 Å². The molecule has 0 radical (unpaired) electrons. The highest BCUT2D eigenvalue weighted by atomic mass is 16.5. The summed E-state index contributed by atoms with van der Waals surface area (Å²) < 4.78 is 5.29. The van der Waals surface area contributed by atoms with Gasteiger partial charge in [0, 0.05) is 20.0 Å². The normalized spacial score (nSPS) is 20.6. The fraction of sp³-hybridized carbons (Fsp3) is 0.556. The molecule has 1 atom stereocenters. The number of amides is 2. The fourth-order valence-electron chi connectivity index (χ4n) is 3.00. The van der Waals surface area contributed by atoms with Crippen LogP contribution in [0.5, 0.6) is 5.75 Å². The number of likely N-dealkylation sites (tertiary alicyclic amines) is 1. The van der Waals surface area contributed by atoms with E-state index in [4.69, 9.17) is 4.74 Å². The zero-order chi connectivity index (χ0) is 17.7. The number of β-amino-alcohol motifs (C(OH)–C–C–N with tert-alkyl or cyclic N) is 1. The van der Waals surface area contributed by atoms with E-state index in [1.165, 1.54) is 11.8 Å². The maximum atomic E-state index is 12.3. The van der Waals surface area contributed by atoms with Gasteiger partial charge in [0.25, 0.3) is 5.91 Å². The Bertz CT molecular complexity index is 617. The smallest absolute Gasteiger partial charge is 0.253 e. The maximum absolute atomic E-state index is 12.3. The number of methoxy groups -OCH3 is 1. The zero-order valence-electron chi connectivity index (χ0n) is 14.6. The second kappa shape index (κ2) is 7.66. The van der Waals surface area contributed by atoms with Crippen LogP contribution in [0.2, 0.25) is 0 Å².